The quantitative estimate of drug-likeness (QED) is 0.789. The number of amides is 1. The third-order valence-electron chi connectivity index (χ3n) is 2.84. The molecule has 0 radical (unpaired) electrons. The van der Waals surface area contributed by atoms with Crippen molar-refractivity contribution in [2.24, 2.45) is 0 Å². The molecule has 0 spiro atoms. The summed E-state index contributed by atoms with van der Waals surface area (Å²) in [6, 6.07) is 7.13. The van der Waals surface area contributed by atoms with E-state index in [4.69, 9.17) is 5.11 Å². The van der Waals surface area contributed by atoms with Gasteiger partial charge >= 0.3 is 5.97 Å². The maximum absolute atomic E-state index is 11.8. The maximum Gasteiger partial charge on any atom is 0.312 e. The van der Waals surface area contributed by atoms with Gasteiger partial charge in [0.1, 0.15) is 5.92 Å². The molecule has 1 aliphatic heterocycles. The molecule has 4 nitrogen and oxygen atoms in total. The molecule has 0 saturated heterocycles. The summed E-state index contributed by atoms with van der Waals surface area (Å²) >= 11 is 0. The summed E-state index contributed by atoms with van der Waals surface area (Å²) in [5, 5.41) is 9.13. The second-order valence-electron chi connectivity index (χ2n) is 3.90. The van der Waals surface area contributed by atoms with Crippen molar-refractivity contribution in [2.45, 2.75) is 12.8 Å². The Morgan fingerprint density at radius 3 is 2.76 bits per heavy atom. The van der Waals surface area contributed by atoms with Crippen molar-refractivity contribution >= 4 is 17.6 Å². The SMILES string of the molecule is C/C=C/C(=O)N1CC(C(=O)O)c2ccccc21. The predicted octanol–water partition coefficient (Wildman–Crippen LogP) is 1.78. The number of fused-ring (bicyclic) bond motifs is 1. The molecule has 88 valence electrons. The number of hydrogen-bond donors (Lipinski definition) is 1. The molecule has 1 aromatic carbocycles. The summed E-state index contributed by atoms with van der Waals surface area (Å²) < 4.78 is 0. The first kappa shape index (κ1) is 11.4. The zero-order valence-electron chi connectivity index (χ0n) is 9.46. The normalized spacial score (nSPS) is 18.4. The van der Waals surface area contributed by atoms with Crippen molar-refractivity contribution in [3.63, 3.8) is 0 Å². The Balaban J connectivity index is 2.41. The van der Waals surface area contributed by atoms with Crippen molar-refractivity contribution in [3.8, 4) is 0 Å². The number of carbonyl (C=O) groups is 2. The van der Waals surface area contributed by atoms with Gasteiger partial charge in [0.25, 0.3) is 5.91 Å². The number of aliphatic carboxylic acids is 1. The molecule has 1 amide bonds. The predicted molar refractivity (Wildman–Crippen MR) is 64.0 cm³/mol. The summed E-state index contributed by atoms with van der Waals surface area (Å²) in [6.45, 7) is 1.96. The lowest BCUT2D eigenvalue weighted by atomic mass is 10.0. The van der Waals surface area contributed by atoms with Gasteiger partial charge in [-0.15, -0.1) is 0 Å². The minimum Gasteiger partial charge on any atom is -0.481 e. The van der Waals surface area contributed by atoms with E-state index in [1.165, 1.54) is 11.0 Å². The Morgan fingerprint density at radius 1 is 1.41 bits per heavy atom. The first-order chi connectivity index (χ1) is 8.15. The fourth-order valence-corrected chi connectivity index (χ4v) is 2.06. The van der Waals surface area contributed by atoms with E-state index in [2.05, 4.69) is 0 Å². The molecule has 1 unspecified atom stereocenters. The van der Waals surface area contributed by atoms with E-state index >= 15 is 0 Å². The molecule has 1 aromatic rings. The zero-order valence-corrected chi connectivity index (χ0v) is 9.46. The van der Waals surface area contributed by atoms with E-state index in [1.54, 1.807) is 37.3 Å². The molecule has 0 fully saturated rings. The van der Waals surface area contributed by atoms with E-state index < -0.39 is 11.9 Å². The van der Waals surface area contributed by atoms with Crippen LogP contribution in [0.15, 0.2) is 36.4 Å². The van der Waals surface area contributed by atoms with Gasteiger partial charge in [-0.25, -0.2) is 0 Å². The topological polar surface area (TPSA) is 57.6 Å². The largest absolute Gasteiger partial charge is 0.481 e. The Bertz CT molecular complexity index is 493. The Labute approximate surface area is 99.2 Å². The molecular formula is C13H13NO3. The van der Waals surface area contributed by atoms with Gasteiger partial charge in [-0.1, -0.05) is 24.3 Å². The minimum absolute atomic E-state index is 0.177. The fourth-order valence-electron chi connectivity index (χ4n) is 2.06. The maximum atomic E-state index is 11.8. The molecular weight excluding hydrogens is 218 g/mol. The van der Waals surface area contributed by atoms with E-state index in [9.17, 15) is 9.59 Å². The lowest BCUT2D eigenvalue weighted by molar-refractivity contribution is -0.138. The van der Waals surface area contributed by atoms with Crippen LogP contribution in [0.2, 0.25) is 0 Å². The number of benzene rings is 1. The number of para-hydroxylation sites is 1. The average Bonchev–Trinajstić information content (AvgIpc) is 2.69. The number of hydrogen-bond acceptors (Lipinski definition) is 2. The van der Waals surface area contributed by atoms with Crippen molar-refractivity contribution in [3.05, 3.63) is 42.0 Å². The fraction of sp³-hybridized carbons (Fsp3) is 0.231. The highest BCUT2D eigenvalue weighted by Crippen LogP contribution is 2.36. The molecule has 0 bridgehead atoms. The summed E-state index contributed by atoms with van der Waals surface area (Å²) in [6.07, 6.45) is 3.10. The Kier molecular flexibility index (Phi) is 2.95. The second-order valence-corrected chi connectivity index (χ2v) is 3.90. The minimum atomic E-state index is -0.895. The van der Waals surface area contributed by atoms with Crippen LogP contribution in [0, 0.1) is 0 Å². The summed E-state index contributed by atoms with van der Waals surface area (Å²) in [7, 11) is 0. The third kappa shape index (κ3) is 1.93. The zero-order chi connectivity index (χ0) is 12.4. The standard InChI is InChI=1S/C13H13NO3/c1-2-5-12(15)14-8-10(13(16)17)9-6-3-4-7-11(9)14/h2-7,10H,8H2,1H3,(H,16,17)/b5-2+. The van der Waals surface area contributed by atoms with Crippen molar-refractivity contribution < 1.29 is 14.7 Å². The summed E-state index contributed by atoms with van der Waals surface area (Å²) in [5.41, 5.74) is 1.40. The summed E-state index contributed by atoms with van der Waals surface area (Å²) in [4.78, 5) is 24.5. The molecule has 17 heavy (non-hydrogen) atoms. The van der Waals surface area contributed by atoms with Crippen molar-refractivity contribution in [2.75, 3.05) is 11.4 Å². The first-order valence-electron chi connectivity index (χ1n) is 5.41. The van der Waals surface area contributed by atoms with Gasteiger partial charge in [0, 0.05) is 12.2 Å². The van der Waals surface area contributed by atoms with Gasteiger partial charge in [0.2, 0.25) is 0 Å². The third-order valence-corrected chi connectivity index (χ3v) is 2.84. The number of carboxylic acids is 1. The molecule has 1 atom stereocenters. The Hall–Kier alpha value is -2.10. The number of nitrogens with zero attached hydrogens (tertiary/aromatic N) is 1. The monoisotopic (exact) mass is 231 g/mol. The van der Waals surface area contributed by atoms with Crippen LogP contribution < -0.4 is 4.90 Å². The van der Waals surface area contributed by atoms with Crippen LogP contribution in [0.4, 0.5) is 5.69 Å². The molecule has 0 aromatic heterocycles. The number of carboxylic acid groups (broad SMARTS) is 1. The van der Waals surface area contributed by atoms with Gasteiger partial charge in [-0.2, -0.15) is 0 Å². The van der Waals surface area contributed by atoms with E-state index in [1.807, 2.05) is 0 Å². The molecule has 1 N–H and O–H groups in total. The smallest absolute Gasteiger partial charge is 0.312 e. The van der Waals surface area contributed by atoms with Crippen molar-refractivity contribution in [1.82, 2.24) is 0 Å². The van der Waals surface area contributed by atoms with Gasteiger partial charge in [0.05, 0.1) is 0 Å². The summed E-state index contributed by atoms with van der Waals surface area (Å²) in [5.74, 6) is -1.70. The van der Waals surface area contributed by atoms with Crippen LogP contribution in [-0.2, 0) is 9.59 Å². The van der Waals surface area contributed by atoms with Crippen LogP contribution in [0.1, 0.15) is 18.4 Å². The molecule has 2 rings (SSSR count). The van der Waals surface area contributed by atoms with E-state index in [0.717, 1.165) is 0 Å². The highest BCUT2D eigenvalue weighted by molar-refractivity contribution is 6.04. The van der Waals surface area contributed by atoms with Crippen LogP contribution in [-0.4, -0.2) is 23.5 Å². The van der Waals surface area contributed by atoms with Gasteiger partial charge in [-0.3, -0.25) is 9.59 Å². The average molecular weight is 231 g/mol. The molecule has 0 saturated carbocycles. The van der Waals surface area contributed by atoms with Gasteiger partial charge < -0.3 is 10.0 Å². The highest BCUT2D eigenvalue weighted by Gasteiger charge is 2.35. The molecule has 1 aliphatic rings. The van der Waals surface area contributed by atoms with Gasteiger partial charge in [0.15, 0.2) is 0 Å². The number of allylic oxidation sites excluding steroid dienone is 1. The number of carbonyl (C=O) groups excluding carboxylic acids is 1. The van der Waals surface area contributed by atoms with Gasteiger partial charge in [-0.05, 0) is 24.6 Å². The van der Waals surface area contributed by atoms with E-state index in [-0.39, 0.29) is 12.5 Å². The first-order valence-corrected chi connectivity index (χ1v) is 5.41. The molecule has 4 heteroatoms. The van der Waals surface area contributed by atoms with Crippen molar-refractivity contribution in [1.29, 1.82) is 0 Å². The second kappa shape index (κ2) is 4.41. The van der Waals surface area contributed by atoms with E-state index in [0.29, 0.717) is 11.3 Å². The Morgan fingerprint density at radius 2 is 2.12 bits per heavy atom. The van der Waals surface area contributed by atoms with Crippen LogP contribution >= 0.6 is 0 Å². The molecule has 1 heterocycles. The lowest BCUT2D eigenvalue weighted by Gasteiger charge is -2.14. The molecule has 0 aliphatic carbocycles. The number of anilines is 1. The van der Waals surface area contributed by atoms with Crippen LogP contribution in [0.5, 0.6) is 0 Å². The highest BCUT2D eigenvalue weighted by atomic mass is 16.4. The number of rotatable bonds is 2. The van der Waals surface area contributed by atoms with Crippen LogP contribution in [0.25, 0.3) is 0 Å². The van der Waals surface area contributed by atoms with Crippen LogP contribution in [0.3, 0.4) is 0 Å². The lowest BCUT2D eigenvalue weighted by Crippen LogP contribution is -2.29.